The van der Waals surface area contributed by atoms with Crippen LogP contribution in [0.25, 0.3) is 5.65 Å². The molecule has 1 aliphatic heterocycles. The van der Waals surface area contributed by atoms with Gasteiger partial charge >= 0.3 is 0 Å². The second kappa shape index (κ2) is 10.3. The zero-order chi connectivity index (χ0) is 28.2. The summed E-state index contributed by atoms with van der Waals surface area (Å²) in [6.45, 7) is 9.62. The normalized spacial score (nSPS) is 19.3. The molecule has 8 nitrogen and oxygen atoms in total. The topological polar surface area (TPSA) is 101 Å². The van der Waals surface area contributed by atoms with Gasteiger partial charge in [-0.1, -0.05) is 47.6 Å². The van der Waals surface area contributed by atoms with Crippen LogP contribution in [0.4, 0.5) is 11.8 Å². The molecule has 0 bridgehead atoms. The number of rotatable bonds is 5. The second-order valence-corrected chi connectivity index (χ2v) is 15.2. The van der Waals surface area contributed by atoms with E-state index < -0.39 is 11.0 Å². The van der Waals surface area contributed by atoms with Crippen LogP contribution in [0.3, 0.4) is 0 Å². The summed E-state index contributed by atoms with van der Waals surface area (Å²) in [7, 11) is -1.20. The summed E-state index contributed by atoms with van der Waals surface area (Å²) in [4.78, 5) is 17.9. The molecule has 3 N–H and O–H groups in total. The molecule has 4 heterocycles. The SMILES string of the molecule is Cc1nc(N2CCC3(Cc4ccccc4C3)C(NS(=O)C(C)(C)C)C2)n2ccnc2c1Sc1ccnc(N)c1Cl. The lowest BCUT2D eigenvalue weighted by Gasteiger charge is -2.47. The average Bonchev–Trinajstić information content (AvgIpc) is 3.54. The zero-order valence-electron chi connectivity index (χ0n) is 23.1. The number of piperidine rings is 1. The highest BCUT2D eigenvalue weighted by Gasteiger charge is 2.48. The predicted molar refractivity (Wildman–Crippen MR) is 163 cm³/mol. The summed E-state index contributed by atoms with van der Waals surface area (Å²) in [6, 6.07) is 10.6. The van der Waals surface area contributed by atoms with Crippen LogP contribution in [0.1, 0.15) is 44.0 Å². The van der Waals surface area contributed by atoms with Crippen LogP contribution in [0.5, 0.6) is 0 Å². The molecule has 0 amide bonds. The summed E-state index contributed by atoms with van der Waals surface area (Å²) < 4.78 is 18.7. The van der Waals surface area contributed by atoms with Gasteiger partial charge in [-0.05, 0) is 69.6 Å². The summed E-state index contributed by atoms with van der Waals surface area (Å²) in [5.41, 5.74) is 10.5. The molecule has 2 aliphatic rings. The molecule has 2 unspecified atom stereocenters. The first-order valence-corrected chi connectivity index (χ1v) is 15.8. The first-order chi connectivity index (χ1) is 19.1. The highest BCUT2D eigenvalue weighted by Crippen LogP contribution is 2.46. The van der Waals surface area contributed by atoms with E-state index in [2.05, 4.69) is 38.9 Å². The highest BCUT2D eigenvalue weighted by molar-refractivity contribution is 7.99. The Morgan fingerprint density at radius 1 is 1.15 bits per heavy atom. The Hall–Kier alpha value is -2.66. The number of nitrogen functional groups attached to an aromatic ring is 1. The van der Waals surface area contributed by atoms with Crippen molar-refractivity contribution >= 4 is 51.8 Å². The molecule has 40 heavy (non-hydrogen) atoms. The number of hydrogen-bond donors (Lipinski definition) is 2. The minimum absolute atomic E-state index is 0.0119. The summed E-state index contributed by atoms with van der Waals surface area (Å²) in [6.07, 6.45) is 8.37. The van der Waals surface area contributed by atoms with E-state index in [1.807, 2.05) is 44.4 Å². The Kier molecular flexibility index (Phi) is 7.09. The standard InChI is InChI=1S/C29H34ClN7OS2/c1-18-24(39-21-9-11-32-25(31)23(21)30)26-33-12-14-37(26)27(34-18)36-13-10-29(15-19-7-5-6-8-20(19)16-29)22(17-36)35-40(38)28(2,3)4/h5-9,11-12,14,22,35H,10,13,15-17H2,1-4H3,(H2,31,32). The minimum Gasteiger partial charge on any atom is -0.382 e. The van der Waals surface area contributed by atoms with Crippen LogP contribution in [0.15, 0.2) is 58.7 Å². The van der Waals surface area contributed by atoms with Crippen molar-refractivity contribution in [2.45, 2.75) is 67.5 Å². The number of nitrogens with one attached hydrogen (secondary N) is 1. The largest absolute Gasteiger partial charge is 0.382 e. The Morgan fingerprint density at radius 3 is 2.58 bits per heavy atom. The van der Waals surface area contributed by atoms with Gasteiger partial charge in [0.2, 0.25) is 5.95 Å². The number of nitrogens with zero attached hydrogens (tertiary/aromatic N) is 5. The van der Waals surface area contributed by atoms with Crippen molar-refractivity contribution in [1.29, 1.82) is 0 Å². The maximum Gasteiger partial charge on any atom is 0.211 e. The van der Waals surface area contributed by atoms with E-state index >= 15 is 0 Å². The molecule has 210 valence electrons. The van der Waals surface area contributed by atoms with E-state index in [4.69, 9.17) is 27.3 Å². The van der Waals surface area contributed by atoms with Gasteiger partial charge in [-0.15, -0.1) is 0 Å². The van der Waals surface area contributed by atoms with E-state index in [9.17, 15) is 4.21 Å². The van der Waals surface area contributed by atoms with Crippen LogP contribution in [0.2, 0.25) is 5.02 Å². The average molecular weight is 596 g/mol. The van der Waals surface area contributed by atoms with Crippen LogP contribution >= 0.6 is 23.4 Å². The maximum atomic E-state index is 13.4. The number of imidazole rings is 1. The van der Waals surface area contributed by atoms with Gasteiger partial charge in [-0.2, -0.15) is 0 Å². The van der Waals surface area contributed by atoms with E-state index in [-0.39, 0.29) is 16.2 Å². The first kappa shape index (κ1) is 27.5. The molecule has 3 aromatic heterocycles. The molecule has 2 atom stereocenters. The van der Waals surface area contributed by atoms with Crippen molar-refractivity contribution < 1.29 is 4.21 Å². The van der Waals surface area contributed by atoms with Gasteiger partial charge in [0.05, 0.1) is 31.3 Å². The number of hydrogen-bond acceptors (Lipinski definition) is 7. The van der Waals surface area contributed by atoms with Gasteiger partial charge < -0.3 is 10.6 Å². The Morgan fingerprint density at radius 2 is 1.88 bits per heavy atom. The molecular weight excluding hydrogens is 562 g/mol. The molecule has 1 fully saturated rings. The second-order valence-electron chi connectivity index (χ2n) is 11.8. The number of anilines is 2. The number of halogens is 1. The molecular formula is C29H34ClN7OS2. The van der Waals surface area contributed by atoms with Crippen molar-refractivity contribution in [1.82, 2.24) is 24.1 Å². The van der Waals surface area contributed by atoms with E-state index in [1.54, 1.807) is 12.4 Å². The fraction of sp³-hybridized carbons (Fsp3) is 0.414. The van der Waals surface area contributed by atoms with Gasteiger partial charge in [0.15, 0.2) is 5.65 Å². The van der Waals surface area contributed by atoms with Crippen LogP contribution in [-0.2, 0) is 23.8 Å². The number of nitrogens with two attached hydrogens (primary N) is 1. The minimum atomic E-state index is -1.20. The monoisotopic (exact) mass is 595 g/mol. The number of benzene rings is 1. The molecule has 1 aliphatic carbocycles. The summed E-state index contributed by atoms with van der Waals surface area (Å²) >= 11 is 7.96. The van der Waals surface area contributed by atoms with Crippen molar-refractivity contribution in [3.63, 3.8) is 0 Å². The summed E-state index contributed by atoms with van der Waals surface area (Å²) in [5, 5.41) is 0.431. The van der Waals surface area contributed by atoms with Crippen LogP contribution in [0, 0.1) is 12.3 Å². The Bertz CT molecular complexity index is 1590. The lowest BCUT2D eigenvalue weighted by atomic mass is 9.72. The molecule has 11 heteroatoms. The van der Waals surface area contributed by atoms with Gasteiger partial charge in [-0.25, -0.2) is 23.9 Å². The van der Waals surface area contributed by atoms with E-state index in [1.165, 1.54) is 22.9 Å². The summed E-state index contributed by atoms with van der Waals surface area (Å²) in [5.74, 6) is 1.14. The van der Waals surface area contributed by atoms with Crippen LogP contribution < -0.4 is 15.4 Å². The molecule has 6 rings (SSSR count). The molecule has 0 saturated carbocycles. The third-order valence-electron chi connectivity index (χ3n) is 8.06. The number of fused-ring (bicyclic) bond motifs is 2. The zero-order valence-corrected chi connectivity index (χ0v) is 25.5. The van der Waals surface area contributed by atoms with Crippen LogP contribution in [-0.4, -0.2) is 47.4 Å². The van der Waals surface area contributed by atoms with E-state index in [0.717, 1.165) is 52.9 Å². The van der Waals surface area contributed by atoms with Gasteiger partial charge in [-0.3, -0.25) is 4.40 Å². The molecule has 4 aromatic rings. The highest BCUT2D eigenvalue weighted by atomic mass is 35.5. The molecule has 1 aromatic carbocycles. The fourth-order valence-corrected chi connectivity index (χ4v) is 8.00. The predicted octanol–water partition coefficient (Wildman–Crippen LogP) is 5.24. The number of aryl methyl sites for hydroxylation is 1. The van der Waals surface area contributed by atoms with Crippen molar-refractivity contribution in [2.24, 2.45) is 5.41 Å². The first-order valence-electron chi connectivity index (χ1n) is 13.5. The van der Waals surface area contributed by atoms with Crippen molar-refractivity contribution in [3.8, 4) is 0 Å². The van der Waals surface area contributed by atoms with Gasteiger partial charge in [0, 0.05) is 42.6 Å². The van der Waals surface area contributed by atoms with Gasteiger partial charge in [0.1, 0.15) is 5.82 Å². The van der Waals surface area contributed by atoms with E-state index in [0.29, 0.717) is 17.4 Å². The van der Waals surface area contributed by atoms with Gasteiger partial charge in [0.25, 0.3) is 0 Å². The maximum absolute atomic E-state index is 13.4. The third kappa shape index (κ3) is 4.89. The fourth-order valence-electron chi connectivity index (χ4n) is 5.86. The molecule has 1 spiro atoms. The van der Waals surface area contributed by atoms with Crippen molar-refractivity contribution in [3.05, 3.63) is 70.8 Å². The quantitative estimate of drug-likeness (QED) is 0.325. The van der Waals surface area contributed by atoms with Crippen molar-refractivity contribution in [2.75, 3.05) is 23.7 Å². The molecule has 0 radical (unpaired) electrons. The number of pyridine rings is 1. The Labute approximate surface area is 246 Å². The lowest BCUT2D eigenvalue weighted by Crippen LogP contribution is -2.60. The smallest absolute Gasteiger partial charge is 0.211 e. The molecule has 1 saturated heterocycles. The Balaban J connectivity index is 1.35. The lowest BCUT2D eigenvalue weighted by molar-refractivity contribution is 0.181. The number of aromatic nitrogens is 4. The third-order valence-corrected chi connectivity index (χ3v) is 11.4.